The number of nitrogens with zero attached hydrogens (tertiary/aromatic N) is 2. The van der Waals surface area contributed by atoms with E-state index in [9.17, 15) is 4.79 Å². The summed E-state index contributed by atoms with van der Waals surface area (Å²) in [6.07, 6.45) is 2.10. The molecule has 0 saturated carbocycles. The van der Waals surface area contributed by atoms with Crippen LogP contribution in [-0.2, 0) is 18.6 Å². The van der Waals surface area contributed by atoms with E-state index < -0.39 is 0 Å². The molecular weight excluding hydrogens is 386 g/mol. The monoisotopic (exact) mass is 403 g/mol. The lowest BCUT2D eigenvalue weighted by Gasteiger charge is -2.08. The third-order valence-electron chi connectivity index (χ3n) is 4.95. The first-order valence-corrected chi connectivity index (χ1v) is 10.9. The fourth-order valence-electron chi connectivity index (χ4n) is 3.65. The molecule has 0 atom stereocenters. The maximum Gasteiger partial charge on any atom is 0.258 e. The lowest BCUT2D eigenvalue weighted by molar-refractivity contribution is 0.102. The van der Waals surface area contributed by atoms with E-state index in [0.29, 0.717) is 10.7 Å². The lowest BCUT2D eigenvalue weighted by atomic mass is 9.99. The third kappa shape index (κ3) is 3.30. The summed E-state index contributed by atoms with van der Waals surface area (Å²) in [6.45, 7) is 0. The molecule has 28 heavy (non-hydrogen) atoms. The fraction of sp³-hybridized carbons (Fsp3) is 0.136. The standard InChI is InChI=1S/C22H17N3OS2/c26-20(18-12-11-16-10-9-15-7-4-8-17(18)19(15)16)23-21-24-25-22(28-21)27-13-14-5-2-1-3-6-14/h1-8,11-12H,9-10,13H2,(H,23,24,26). The van der Waals surface area contributed by atoms with Crippen molar-refractivity contribution in [3.8, 4) is 0 Å². The molecule has 0 saturated heterocycles. The van der Waals surface area contributed by atoms with Crippen molar-refractivity contribution < 1.29 is 4.79 Å². The Balaban J connectivity index is 1.33. The molecule has 1 heterocycles. The van der Waals surface area contributed by atoms with E-state index in [0.717, 1.165) is 28.3 Å². The highest BCUT2D eigenvalue weighted by molar-refractivity contribution is 8.00. The molecule has 1 aliphatic carbocycles. The van der Waals surface area contributed by atoms with Crippen molar-refractivity contribution in [3.05, 3.63) is 82.9 Å². The van der Waals surface area contributed by atoms with Crippen LogP contribution in [0.3, 0.4) is 0 Å². The van der Waals surface area contributed by atoms with Crippen LogP contribution in [0.4, 0.5) is 5.13 Å². The molecule has 0 spiro atoms. The molecule has 5 rings (SSSR count). The van der Waals surface area contributed by atoms with Crippen molar-refractivity contribution in [1.29, 1.82) is 0 Å². The van der Waals surface area contributed by atoms with Gasteiger partial charge in [0.1, 0.15) is 0 Å². The molecular formula is C22H17N3OS2. The second-order valence-electron chi connectivity index (χ2n) is 6.71. The molecule has 0 fully saturated rings. The van der Waals surface area contributed by atoms with Crippen molar-refractivity contribution in [1.82, 2.24) is 10.2 Å². The SMILES string of the molecule is O=C(Nc1nnc(SCc2ccccc2)s1)c1ccc2c3c(cccc13)CC2. The number of carbonyl (C=O) groups excluding carboxylic acids is 1. The number of benzene rings is 3. The van der Waals surface area contributed by atoms with Gasteiger partial charge >= 0.3 is 0 Å². The largest absolute Gasteiger partial charge is 0.296 e. The molecule has 138 valence electrons. The van der Waals surface area contributed by atoms with Crippen molar-refractivity contribution in [2.45, 2.75) is 22.9 Å². The van der Waals surface area contributed by atoms with Gasteiger partial charge in [0.2, 0.25) is 5.13 Å². The Morgan fingerprint density at radius 1 is 0.964 bits per heavy atom. The van der Waals surface area contributed by atoms with Gasteiger partial charge in [0.25, 0.3) is 5.91 Å². The molecule has 4 nitrogen and oxygen atoms in total. The first-order valence-electron chi connectivity index (χ1n) is 9.13. The Hall–Kier alpha value is -2.70. The highest BCUT2D eigenvalue weighted by atomic mass is 32.2. The predicted octanol–water partition coefficient (Wildman–Crippen LogP) is 5.33. The topological polar surface area (TPSA) is 54.9 Å². The molecule has 6 heteroatoms. The Morgan fingerprint density at radius 3 is 2.64 bits per heavy atom. The van der Waals surface area contributed by atoms with Gasteiger partial charge < -0.3 is 0 Å². The first kappa shape index (κ1) is 17.4. The van der Waals surface area contributed by atoms with Crippen LogP contribution in [0.5, 0.6) is 0 Å². The number of carbonyl (C=O) groups is 1. The minimum absolute atomic E-state index is 0.133. The number of hydrogen-bond donors (Lipinski definition) is 1. The van der Waals surface area contributed by atoms with E-state index >= 15 is 0 Å². The summed E-state index contributed by atoms with van der Waals surface area (Å²) in [4.78, 5) is 12.9. The lowest BCUT2D eigenvalue weighted by Crippen LogP contribution is -2.12. The van der Waals surface area contributed by atoms with Gasteiger partial charge in [-0.25, -0.2) is 0 Å². The van der Waals surface area contributed by atoms with Gasteiger partial charge in [-0.1, -0.05) is 77.7 Å². The van der Waals surface area contributed by atoms with Gasteiger partial charge in [-0.2, -0.15) is 0 Å². The van der Waals surface area contributed by atoms with Crippen LogP contribution in [0, 0.1) is 0 Å². The molecule has 0 aliphatic heterocycles. The highest BCUT2D eigenvalue weighted by Gasteiger charge is 2.19. The number of thioether (sulfide) groups is 1. The normalized spacial score (nSPS) is 12.4. The van der Waals surface area contributed by atoms with E-state index in [1.165, 1.54) is 33.4 Å². The molecule has 0 bridgehead atoms. The number of aromatic nitrogens is 2. The van der Waals surface area contributed by atoms with Crippen molar-refractivity contribution in [3.63, 3.8) is 0 Å². The third-order valence-corrected chi connectivity index (χ3v) is 7.00. The fourth-order valence-corrected chi connectivity index (χ4v) is 5.35. The van der Waals surface area contributed by atoms with Crippen LogP contribution >= 0.6 is 23.1 Å². The van der Waals surface area contributed by atoms with Gasteiger partial charge in [-0.3, -0.25) is 10.1 Å². The number of aryl methyl sites for hydroxylation is 2. The summed E-state index contributed by atoms with van der Waals surface area (Å²) in [6, 6.07) is 20.5. The molecule has 1 amide bonds. The number of anilines is 1. The van der Waals surface area contributed by atoms with Crippen LogP contribution < -0.4 is 5.32 Å². The second kappa shape index (κ2) is 7.37. The van der Waals surface area contributed by atoms with Gasteiger partial charge in [0.15, 0.2) is 4.34 Å². The number of amides is 1. The molecule has 3 aromatic carbocycles. The maximum atomic E-state index is 12.9. The predicted molar refractivity (Wildman–Crippen MR) is 115 cm³/mol. The summed E-state index contributed by atoms with van der Waals surface area (Å²) in [5, 5.41) is 14.0. The van der Waals surface area contributed by atoms with Gasteiger partial charge in [-0.05, 0) is 46.4 Å². The van der Waals surface area contributed by atoms with Gasteiger partial charge in [-0.15, -0.1) is 10.2 Å². The van der Waals surface area contributed by atoms with Crippen molar-refractivity contribution in [2.75, 3.05) is 5.32 Å². The van der Waals surface area contributed by atoms with Crippen molar-refractivity contribution in [2.24, 2.45) is 0 Å². The number of hydrogen-bond acceptors (Lipinski definition) is 5. The van der Waals surface area contributed by atoms with Crippen LogP contribution in [0.2, 0.25) is 0 Å². The summed E-state index contributed by atoms with van der Waals surface area (Å²) in [5.41, 5.74) is 4.59. The number of rotatable bonds is 5. The summed E-state index contributed by atoms with van der Waals surface area (Å²) in [7, 11) is 0. The number of nitrogens with one attached hydrogen (secondary N) is 1. The molecule has 0 unspecified atom stereocenters. The minimum atomic E-state index is -0.133. The van der Waals surface area contributed by atoms with Crippen LogP contribution in [-0.4, -0.2) is 16.1 Å². The Labute approximate surface area is 171 Å². The van der Waals surface area contributed by atoms with Gasteiger partial charge in [0, 0.05) is 11.3 Å². The average molecular weight is 404 g/mol. The molecule has 4 aromatic rings. The van der Waals surface area contributed by atoms with Crippen LogP contribution in [0.15, 0.2) is 65.0 Å². The van der Waals surface area contributed by atoms with Crippen LogP contribution in [0.25, 0.3) is 10.8 Å². The van der Waals surface area contributed by atoms with E-state index in [2.05, 4.69) is 39.8 Å². The average Bonchev–Trinajstić information content (AvgIpc) is 3.36. The van der Waals surface area contributed by atoms with E-state index in [1.54, 1.807) is 11.8 Å². The zero-order valence-corrected chi connectivity index (χ0v) is 16.6. The van der Waals surface area contributed by atoms with Gasteiger partial charge in [0.05, 0.1) is 0 Å². The Kier molecular flexibility index (Phi) is 4.58. The molecule has 1 aliphatic rings. The second-order valence-corrected chi connectivity index (χ2v) is 8.91. The Morgan fingerprint density at radius 2 is 1.79 bits per heavy atom. The van der Waals surface area contributed by atoms with Crippen LogP contribution in [0.1, 0.15) is 27.0 Å². The maximum absolute atomic E-state index is 12.9. The van der Waals surface area contributed by atoms with E-state index in [-0.39, 0.29) is 5.91 Å². The quantitative estimate of drug-likeness (QED) is 0.361. The Bertz CT molecular complexity index is 1160. The molecule has 0 radical (unpaired) electrons. The van der Waals surface area contributed by atoms with E-state index in [4.69, 9.17) is 0 Å². The summed E-state index contributed by atoms with van der Waals surface area (Å²) < 4.78 is 0.847. The van der Waals surface area contributed by atoms with Crippen molar-refractivity contribution >= 4 is 44.9 Å². The molecule has 1 aromatic heterocycles. The zero-order chi connectivity index (χ0) is 18.9. The van der Waals surface area contributed by atoms with E-state index in [1.807, 2.05) is 36.4 Å². The highest BCUT2D eigenvalue weighted by Crippen LogP contribution is 2.33. The molecule has 1 N–H and O–H groups in total. The first-order chi connectivity index (χ1) is 13.8. The smallest absolute Gasteiger partial charge is 0.258 e. The minimum Gasteiger partial charge on any atom is -0.296 e. The zero-order valence-electron chi connectivity index (χ0n) is 15.0. The summed E-state index contributed by atoms with van der Waals surface area (Å²) in [5.74, 6) is 0.699. The summed E-state index contributed by atoms with van der Waals surface area (Å²) >= 11 is 3.03.